The lowest BCUT2D eigenvalue weighted by Gasteiger charge is -2.15. The maximum atomic E-state index is 11.9. The van der Waals surface area contributed by atoms with Crippen molar-refractivity contribution in [1.29, 1.82) is 0 Å². The normalized spacial score (nSPS) is 11.6. The standard InChI is InChI=1S/C19H21NO4/c1-3-14-7-9-15(10-8-14)13(2)20-18(22)12-24-19(23)16-5-4-6-17(21)11-16/h4-11,13,21H,3,12H2,1-2H3,(H,20,22)/t13-/m1/s1. The quantitative estimate of drug-likeness (QED) is 0.800. The van der Waals surface area contributed by atoms with E-state index in [9.17, 15) is 14.7 Å². The summed E-state index contributed by atoms with van der Waals surface area (Å²) in [7, 11) is 0. The van der Waals surface area contributed by atoms with Crippen molar-refractivity contribution in [2.75, 3.05) is 6.61 Å². The van der Waals surface area contributed by atoms with Gasteiger partial charge in [-0.05, 0) is 42.7 Å². The van der Waals surface area contributed by atoms with Gasteiger partial charge in [-0.1, -0.05) is 37.3 Å². The maximum Gasteiger partial charge on any atom is 0.338 e. The van der Waals surface area contributed by atoms with Crippen LogP contribution in [-0.2, 0) is 16.0 Å². The number of carbonyl (C=O) groups excluding carboxylic acids is 2. The predicted molar refractivity (Wildman–Crippen MR) is 90.8 cm³/mol. The average Bonchev–Trinajstić information content (AvgIpc) is 2.59. The van der Waals surface area contributed by atoms with Crippen molar-refractivity contribution < 1.29 is 19.4 Å². The first kappa shape index (κ1) is 17.5. The van der Waals surface area contributed by atoms with E-state index in [0.29, 0.717) is 0 Å². The number of esters is 1. The molecule has 0 saturated heterocycles. The molecule has 0 aliphatic rings. The summed E-state index contributed by atoms with van der Waals surface area (Å²) >= 11 is 0. The summed E-state index contributed by atoms with van der Waals surface area (Å²) in [6, 6.07) is 13.6. The molecule has 1 amide bonds. The SMILES string of the molecule is CCc1ccc([C@@H](C)NC(=O)COC(=O)c2cccc(O)c2)cc1. The third-order valence-electron chi connectivity index (χ3n) is 3.68. The third-order valence-corrected chi connectivity index (χ3v) is 3.68. The Labute approximate surface area is 141 Å². The first-order valence-electron chi connectivity index (χ1n) is 7.84. The number of aryl methyl sites for hydroxylation is 1. The lowest BCUT2D eigenvalue weighted by Crippen LogP contribution is -2.31. The van der Waals surface area contributed by atoms with Gasteiger partial charge in [0.05, 0.1) is 11.6 Å². The van der Waals surface area contributed by atoms with Crippen LogP contribution in [0.5, 0.6) is 5.75 Å². The number of phenolic OH excluding ortho intramolecular Hbond substituents is 1. The summed E-state index contributed by atoms with van der Waals surface area (Å²) in [5.41, 5.74) is 2.42. The summed E-state index contributed by atoms with van der Waals surface area (Å²) < 4.78 is 4.96. The Hall–Kier alpha value is -2.82. The van der Waals surface area contributed by atoms with Crippen LogP contribution < -0.4 is 5.32 Å². The number of nitrogens with one attached hydrogen (secondary N) is 1. The van der Waals surface area contributed by atoms with Gasteiger partial charge in [-0.25, -0.2) is 4.79 Å². The van der Waals surface area contributed by atoms with E-state index in [4.69, 9.17) is 4.74 Å². The first-order valence-corrected chi connectivity index (χ1v) is 7.84. The second-order valence-corrected chi connectivity index (χ2v) is 5.51. The second kappa shape index (κ2) is 8.15. The number of aromatic hydroxyl groups is 1. The van der Waals surface area contributed by atoms with Crippen molar-refractivity contribution in [2.24, 2.45) is 0 Å². The van der Waals surface area contributed by atoms with Crippen molar-refractivity contribution >= 4 is 11.9 Å². The van der Waals surface area contributed by atoms with Crippen LogP contribution in [0.15, 0.2) is 48.5 Å². The van der Waals surface area contributed by atoms with Crippen molar-refractivity contribution in [2.45, 2.75) is 26.3 Å². The van der Waals surface area contributed by atoms with Crippen LogP contribution in [0.3, 0.4) is 0 Å². The van der Waals surface area contributed by atoms with E-state index in [1.807, 2.05) is 31.2 Å². The summed E-state index contributed by atoms with van der Waals surface area (Å²) in [6.07, 6.45) is 0.964. The Kier molecular flexibility index (Phi) is 5.95. The van der Waals surface area contributed by atoms with Crippen LogP contribution >= 0.6 is 0 Å². The van der Waals surface area contributed by atoms with Crippen molar-refractivity contribution in [1.82, 2.24) is 5.32 Å². The Morgan fingerprint density at radius 2 is 1.88 bits per heavy atom. The van der Waals surface area contributed by atoms with E-state index in [2.05, 4.69) is 12.2 Å². The minimum absolute atomic E-state index is 0.0296. The number of benzene rings is 2. The zero-order chi connectivity index (χ0) is 17.5. The van der Waals surface area contributed by atoms with Crippen LogP contribution in [0.4, 0.5) is 0 Å². The van der Waals surface area contributed by atoms with Crippen LogP contribution in [-0.4, -0.2) is 23.6 Å². The van der Waals surface area contributed by atoms with Crippen molar-refractivity contribution in [3.63, 3.8) is 0 Å². The highest BCUT2D eigenvalue weighted by atomic mass is 16.5. The molecule has 126 valence electrons. The van der Waals surface area contributed by atoms with Gasteiger partial charge < -0.3 is 15.2 Å². The summed E-state index contributed by atoms with van der Waals surface area (Å²) in [5.74, 6) is -1.06. The van der Waals surface area contributed by atoms with Gasteiger partial charge in [0.25, 0.3) is 5.91 Å². The maximum absolute atomic E-state index is 11.9. The molecule has 2 aromatic rings. The molecule has 0 heterocycles. The largest absolute Gasteiger partial charge is 0.508 e. The van der Waals surface area contributed by atoms with Gasteiger partial charge in [0.1, 0.15) is 5.75 Å². The highest BCUT2D eigenvalue weighted by Crippen LogP contribution is 2.14. The Balaban J connectivity index is 1.85. The molecule has 5 nitrogen and oxygen atoms in total. The van der Waals surface area contributed by atoms with E-state index in [-0.39, 0.29) is 29.9 Å². The van der Waals surface area contributed by atoms with E-state index >= 15 is 0 Å². The lowest BCUT2D eigenvalue weighted by molar-refractivity contribution is -0.124. The number of carbonyl (C=O) groups is 2. The fourth-order valence-corrected chi connectivity index (χ4v) is 2.26. The highest BCUT2D eigenvalue weighted by Gasteiger charge is 2.13. The second-order valence-electron chi connectivity index (χ2n) is 5.51. The Bertz CT molecular complexity index is 710. The molecule has 5 heteroatoms. The molecule has 0 bridgehead atoms. The molecule has 0 fully saturated rings. The topological polar surface area (TPSA) is 75.6 Å². The first-order chi connectivity index (χ1) is 11.5. The van der Waals surface area contributed by atoms with Gasteiger partial charge in [-0.2, -0.15) is 0 Å². The molecule has 24 heavy (non-hydrogen) atoms. The van der Waals surface area contributed by atoms with Crippen LogP contribution in [0.1, 0.15) is 41.4 Å². The number of amides is 1. The minimum Gasteiger partial charge on any atom is -0.508 e. The van der Waals surface area contributed by atoms with Crippen molar-refractivity contribution in [3.8, 4) is 5.75 Å². The fourth-order valence-electron chi connectivity index (χ4n) is 2.26. The lowest BCUT2D eigenvalue weighted by atomic mass is 10.1. The van der Waals surface area contributed by atoms with Crippen molar-refractivity contribution in [3.05, 3.63) is 65.2 Å². The molecule has 0 unspecified atom stereocenters. The third kappa shape index (κ3) is 4.84. The predicted octanol–water partition coefficient (Wildman–Crippen LogP) is 2.99. The highest BCUT2D eigenvalue weighted by molar-refractivity contribution is 5.91. The Morgan fingerprint density at radius 3 is 2.50 bits per heavy atom. The Morgan fingerprint density at radius 1 is 1.17 bits per heavy atom. The summed E-state index contributed by atoms with van der Waals surface area (Å²) in [6.45, 7) is 3.59. The van der Waals surface area contributed by atoms with Crippen LogP contribution in [0.2, 0.25) is 0 Å². The zero-order valence-corrected chi connectivity index (χ0v) is 13.8. The van der Waals surface area contributed by atoms with Gasteiger partial charge in [-0.15, -0.1) is 0 Å². The molecular weight excluding hydrogens is 306 g/mol. The number of phenols is 1. The fraction of sp³-hybridized carbons (Fsp3) is 0.263. The molecule has 2 aromatic carbocycles. The molecule has 2 rings (SSSR count). The van der Waals surface area contributed by atoms with Gasteiger partial charge >= 0.3 is 5.97 Å². The number of hydrogen-bond acceptors (Lipinski definition) is 4. The molecule has 0 aromatic heterocycles. The summed E-state index contributed by atoms with van der Waals surface area (Å²) in [5, 5.41) is 12.1. The number of ether oxygens (including phenoxy) is 1. The number of rotatable bonds is 6. The molecule has 0 aliphatic heterocycles. The van der Waals surface area contributed by atoms with Gasteiger partial charge in [-0.3, -0.25) is 4.79 Å². The molecular formula is C19H21NO4. The van der Waals surface area contributed by atoms with Gasteiger partial charge in [0.15, 0.2) is 6.61 Å². The molecule has 0 spiro atoms. The van der Waals surface area contributed by atoms with Gasteiger partial charge in [0.2, 0.25) is 0 Å². The van der Waals surface area contributed by atoms with E-state index in [0.717, 1.165) is 12.0 Å². The van der Waals surface area contributed by atoms with E-state index < -0.39 is 5.97 Å². The molecule has 2 N–H and O–H groups in total. The molecule has 0 radical (unpaired) electrons. The minimum atomic E-state index is -0.652. The van der Waals surface area contributed by atoms with E-state index in [1.165, 1.54) is 29.8 Å². The van der Waals surface area contributed by atoms with Crippen LogP contribution in [0, 0.1) is 0 Å². The molecule has 0 aliphatic carbocycles. The molecule has 1 atom stereocenters. The van der Waals surface area contributed by atoms with Crippen LogP contribution in [0.25, 0.3) is 0 Å². The summed E-state index contributed by atoms with van der Waals surface area (Å²) in [4.78, 5) is 23.7. The van der Waals surface area contributed by atoms with E-state index in [1.54, 1.807) is 0 Å². The zero-order valence-electron chi connectivity index (χ0n) is 13.8. The average molecular weight is 327 g/mol. The monoisotopic (exact) mass is 327 g/mol. The molecule has 0 saturated carbocycles. The van der Waals surface area contributed by atoms with Gasteiger partial charge in [0, 0.05) is 0 Å². The smallest absolute Gasteiger partial charge is 0.338 e. The number of hydrogen-bond donors (Lipinski definition) is 2.